The average Bonchev–Trinajstić information content (AvgIpc) is 3.13. The van der Waals surface area contributed by atoms with Gasteiger partial charge in [0.25, 0.3) is 5.91 Å². The molecule has 4 rings (SSSR count). The van der Waals surface area contributed by atoms with E-state index in [0.29, 0.717) is 24.1 Å². The van der Waals surface area contributed by atoms with Gasteiger partial charge in [-0.25, -0.2) is 4.68 Å². The first-order valence-electron chi connectivity index (χ1n) is 10.00. The quantitative estimate of drug-likeness (QED) is 0.555. The minimum absolute atomic E-state index is 0.172. The zero-order chi connectivity index (χ0) is 19.7. The predicted molar refractivity (Wildman–Crippen MR) is 108 cm³/mol. The zero-order valence-corrected chi connectivity index (χ0v) is 16.2. The van der Waals surface area contributed by atoms with E-state index in [2.05, 4.69) is 29.5 Å². The van der Waals surface area contributed by atoms with E-state index in [1.165, 1.54) is 0 Å². The van der Waals surface area contributed by atoms with Crippen molar-refractivity contribution in [2.45, 2.75) is 57.9 Å². The van der Waals surface area contributed by atoms with Crippen LogP contribution >= 0.6 is 0 Å². The molecule has 1 fully saturated rings. The number of aryl methyl sites for hydroxylation is 1. The molecule has 1 aromatic carbocycles. The number of aromatic nitrogens is 2. The number of nitrogens with one attached hydrogen (secondary N) is 2. The fourth-order valence-corrected chi connectivity index (χ4v) is 4.25. The highest BCUT2D eigenvalue weighted by Gasteiger charge is 2.28. The van der Waals surface area contributed by atoms with Crippen molar-refractivity contribution in [1.29, 1.82) is 5.41 Å². The van der Waals surface area contributed by atoms with Crippen LogP contribution in [0.2, 0.25) is 0 Å². The molecule has 146 valence electrons. The number of rotatable bonds is 3. The smallest absolute Gasteiger partial charge is 0.286 e. The first-order chi connectivity index (χ1) is 13.6. The summed E-state index contributed by atoms with van der Waals surface area (Å²) in [6, 6.07) is 7.96. The molecule has 2 aliphatic carbocycles. The fourth-order valence-electron chi connectivity index (χ4n) is 4.25. The number of aliphatic hydroxyl groups excluding tert-OH is 1. The van der Waals surface area contributed by atoms with E-state index in [1.807, 2.05) is 23.0 Å². The topological polar surface area (TPSA) is 91.0 Å². The molecule has 1 aromatic heterocycles. The molecule has 6 heteroatoms. The maximum Gasteiger partial charge on any atom is 0.286 e. The normalized spacial score (nSPS) is 21.2. The minimum Gasteiger partial charge on any atom is -0.503 e. The van der Waals surface area contributed by atoms with Crippen LogP contribution in [0.5, 0.6) is 0 Å². The zero-order valence-electron chi connectivity index (χ0n) is 16.2. The van der Waals surface area contributed by atoms with E-state index in [9.17, 15) is 9.90 Å². The van der Waals surface area contributed by atoms with Gasteiger partial charge in [0.15, 0.2) is 5.76 Å². The molecule has 1 saturated carbocycles. The lowest BCUT2D eigenvalue weighted by molar-refractivity contribution is -0.120. The molecular weight excluding hydrogens is 352 g/mol. The molecular formula is C22H26N4O2. The van der Waals surface area contributed by atoms with Crippen molar-refractivity contribution in [2.24, 2.45) is 0 Å². The Kier molecular flexibility index (Phi) is 5.03. The van der Waals surface area contributed by atoms with Crippen LogP contribution in [0.1, 0.15) is 61.4 Å². The second-order valence-corrected chi connectivity index (χ2v) is 7.68. The Balaban J connectivity index is 1.59. The molecule has 28 heavy (non-hydrogen) atoms. The third-order valence-electron chi connectivity index (χ3n) is 5.80. The van der Waals surface area contributed by atoms with Crippen LogP contribution in [0.25, 0.3) is 5.69 Å². The van der Waals surface area contributed by atoms with Gasteiger partial charge in [-0.1, -0.05) is 18.2 Å². The van der Waals surface area contributed by atoms with Crippen molar-refractivity contribution < 1.29 is 9.90 Å². The maximum atomic E-state index is 12.7. The van der Waals surface area contributed by atoms with Crippen molar-refractivity contribution in [3.63, 3.8) is 0 Å². The molecule has 0 unspecified atom stereocenters. The summed E-state index contributed by atoms with van der Waals surface area (Å²) in [7, 11) is 0. The number of aliphatic hydroxyl groups is 1. The van der Waals surface area contributed by atoms with Crippen LogP contribution in [0, 0.1) is 12.3 Å². The van der Waals surface area contributed by atoms with Gasteiger partial charge in [0, 0.05) is 22.5 Å². The molecule has 0 aliphatic heterocycles. The minimum atomic E-state index is -0.483. The highest BCUT2D eigenvalue weighted by atomic mass is 16.3. The molecule has 6 nitrogen and oxygen atoms in total. The Morgan fingerprint density at radius 3 is 2.79 bits per heavy atom. The van der Waals surface area contributed by atoms with Crippen LogP contribution in [-0.4, -0.2) is 26.5 Å². The van der Waals surface area contributed by atoms with Crippen molar-refractivity contribution in [3.05, 3.63) is 58.6 Å². The lowest BCUT2D eigenvalue weighted by Crippen LogP contribution is -2.33. The second-order valence-electron chi connectivity index (χ2n) is 7.68. The van der Waals surface area contributed by atoms with Crippen LogP contribution < -0.4 is 5.32 Å². The molecule has 0 spiro atoms. The molecule has 0 radical (unpaired) electrons. The third kappa shape index (κ3) is 3.35. The van der Waals surface area contributed by atoms with Gasteiger partial charge < -0.3 is 15.8 Å². The monoisotopic (exact) mass is 378 g/mol. The standard InChI is InChI=1S/C22H26N4O2/c1-14-7-2-5-11-19(14)26-20-12-6-10-18(16(20)13-24-26)25-22(28)21(27)15-8-3-4-9-17(15)23/h2,5,7,11,13,18,23,27H,3-4,6,8-10,12H2,1H3,(H,25,28)/b21-15-,23-17?/t18-/m1/s1. The summed E-state index contributed by atoms with van der Waals surface area (Å²) in [5, 5.41) is 26.0. The van der Waals surface area contributed by atoms with E-state index in [-0.39, 0.29) is 11.8 Å². The number of amides is 1. The molecule has 1 amide bonds. The average molecular weight is 378 g/mol. The number of fused-ring (bicyclic) bond motifs is 1. The largest absolute Gasteiger partial charge is 0.503 e. The first kappa shape index (κ1) is 18.5. The van der Waals surface area contributed by atoms with Crippen molar-refractivity contribution in [3.8, 4) is 5.69 Å². The number of hydrogen-bond acceptors (Lipinski definition) is 4. The van der Waals surface area contributed by atoms with Crippen molar-refractivity contribution >= 4 is 11.6 Å². The van der Waals surface area contributed by atoms with Gasteiger partial charge >= 0.3 is 0 Å². The summed E-state index contributed by atoms with van der Waals surface area (Å²) in [5.41, 5.74) is 5.21. The lowest BCUT2D eigenvalue weighted by Gasteiger charge is -2.25. The first-order valence-corrected chi connectivity index (χ1v) is 10.00. The number of nitrogens with zero attached hydrogens (tertiary/aromatic N) is 2. The Morgan fingerprint density at radius 1 is 1.21 bits per heavy atom. The van der Waals surface area contributed by atoms with Crippen LogP contribution in [0.4, 0.5) is 0 Å². The Bertz CT molecular complexity index is 957. The molecule has 2 aliphatic rings. The van der Waals surface area contributed by atoms with Crippen LogP contribution in [0.15, 0.2) is 41.8 Å². The van der Waals surface area contributed by atoms with Crippen LogP contribution in [0.3, 0.4) is 0 Å². The summed E-state index contributed by atoms with van der Waals surface area (Å²) in [6.45, 7) is 2.06. The highest BCUT2D eigenvalue weighted by molar-refractivity contribution is 6.05. The van der Waals surface area contributed by atoms with Gasteiger partial charge in [0.2, 0.25) is 0 Å². The SMILES string of the molecule is Cc1ccccc1-n1ncc2c1CCC[C@H]2NC(=O)/C(O)=C1\CCCCC1=N. The maximum absolute atomic E-state index is 12.7. The van der Waals surface area contributed by atoms with Gasteiger partial charge in [0.1, 0.15) is 0 Å². The fraction of sp³-hybridized carbons (Fsp3) is 0.409. The van der Waals surface area contributed by atoms with E-state index in [4.69, 9.17) is 5.41 Å². The Labute approximate surface area is 164 Å². The van der Waals surface area contributed by atoms with Crippen LogP contribution in [-0.2, 0) is 11.2 Å². The summed E-state index contributed by atoms with van der Waals surface area (Å²) in [4.78, 5) is 12.7. The number of allylic oxidation sites excluding steroid dienone is 1. The Morgan fingerprint density at radius 2 is 2.00 bits per heavy atom. The second kappa shape index (κ2) is 7.62. The van der Waals surface area contributed by atoms with E-state index >= 15 is 0 Å². The summed E-state index contributed by atoms with van der Waals surface area (Å²) >= 11 is 0. The molecule has 3 N–H and O–H groups in total. The third-order valence-corrected chi connectivity index (χ3v) is 5.80. The van der Waals surface area contributed by atoms with Crippen molar-refractivity contribution in [2.75, 3.05) is 0 Å². The number of hydrogen-bond donors (Lipinski definition) is 3. The highest BCUT2D eigenvalue weighted by Crippen LogP contribution is 2.32. The van der Waals surface area contributed by atoms with Gasteiger partial charge in [-0.15, -0.1) is 0 Å². The number of carbonyl (C=O) groups is 1. The van der Waals surface area contributed by atoms with E-state index < -0.39 is 5.91 Å². The summed E-state index contributed by atoms with van der Waals surface area (Å²) in [6.07, 6.45) is 7.59. The van der Waals surface area contributed by atoms with Gasteiger partial charge in [-0.2, -0.15) is 5.10 Å². The van der Waals surface area contributed by atoms with Gasteiger partial charge in [-0.05, 0) is 63.5 Å². The van der Waals surface area contributed by atoms with Gasteiger partial charge in [-0.3, -0.25) is 4.79 Å². The number of carbonyl (C=O) groups excluding carboxylic acids is 1. The molecule has 2 aromatic rings. The Hall–Kier alpha value is -2.89. The number of benzene rings is 1. The molecule has 1 heterocycles. The molecule has 1 atom stereocenters. The van der Waals surface area contributed by atoms with Gasteiger partial charge in [0.05, 0.1) is 17.9 Å². The van der Waals surface area contributed by atoms with E-state index in [0.717, 1.165) is 54.6 Å². The summed E-state index contributed by atoms with van der Waals surface area (Å²) in [5.74, 6) is -0.772. The number of para-hydroxylation sites is 1. The molecule has 0 bridgehead atoms. The lowest BCUT2D eigenvalue weighted by atomic mass is 9.90. The predicted octanol–water partition coefficient (Wildman–Crippen LogP) is 4.08. The molecule has 0 saturated heterocycles. The summed E-state index contributed by atoms with van der Waals surface area (Å²) < 4.78 is 1.97. The van der Waals surface area contributed by atoms with Crippen molar-refractivity contribution in [1.82, 2.24) is 15.1 Å². The van der Waals surface area contributed by atoms with E-state index in [1.54, 1.807) is 0 Å².